The van der Waals surface area contributed by atoms with E-state index in [0.29, 0.717) is 0 Å². The fourth-order valence-corrected chi connectivity index (χ4v) is 5.96. The van der Waals surface area contributed by atoms with Crippen molar-refractivity contribution in [3.63, 3.8) is 0 Å². The van der Waals surface area contributed by atoms with Crippen LogP contribution in [0.5, 0.6) is 11.5 Å². The first-order chi connectivity index (χ1) is 14.9. The zero-order valence-electron chi connectivity index (χ0n) is 17.8. The van der Waals surface area contributed by atoms with E-state index >= 15 is 0 Å². The van der Waals surface area contributed by atoms with Crippen LogP contribution in [0.2, 0.25) is 0 Å². The number of hydrogen-bond donors (Lipinski definition) is 0. The van der Waals surface area contributed by atoms with Crippen molar-refractivity contribution in [2.75, 3.05) is 44.3 Å². The lowest BCUT2D eigenvalue weighted by molar-refractivity contribution is -0.190. The molecule has 2 aromatic carbocycles. The van der Waals surface area contributed by atoms with Crippen LogP contribution in [0.15, 0.2) is 30.3 Å². The molecule has 2 unspecified atom stereocenters. The van der Waals surface area contributed by atoms with Crippen LogP contribution >= 0.6 is 0 Å². The van der Waals surface area contributed by atoms with Crippen molar-refractivity contribution in [3.8, 4) is 11.5 Å². The molecule has 0 radical (unpaired) electrons. The van der Waals surface area contributed by atoms with Gasteiger partial charge in [-0.15, -0.1) is 0 Å². The van der Waals surface area contributed by atoms with E-state index < -0.39 is 0 Å². The third-order valence-corrected chi connectivity index (χ3v) is 7.48. The normalized spacial score (nSPS) is 29.6. The second-order valence-electron chi connectivity index (χ2n) is 9.21. The van der Waals surface area contributed by atoms with Crippen molar-refractivity contribution >= 4 is 16.5 Å². The number of rotatable bonds is 2. The predicted octanol–water partition coefficient (Wildman–Crippen LogP) is 4.57. The number of likely N-dealkylation sites (tertiary alicyclic amines) is 1. The molecule has 3 fully saturated rings. The number of benzene rings is 2. The Morgan fingerprint density at radius 2 is 1.67 bits per heavy atom. The molecule has 3 aliphatic heterocycles. The van der Waals surface area contributed by atoms with E-state index in [1.165, 1.54) is 48.6 Å². The Morgan fingerprint density at radius 1 is 0.867 bits per heavy atom. The first-order valence-corrected chi connectivity index (χ1v) is 11.8. The van der Waals surface area contributed by atoms with E-state index in [4.69, 9.17) is 14.2 Å². The van der Waals surface area contributed by atoms with Crippen LogP contribution in [0.3, 0.4) is 0 Å². The van der Waals surface area contributed by atoms with Crippen LogP contribution in [0.25, 0.3) is 10.8 Å². The van der Waals surface area contributed by atoms with Gasteiger partial charge >= 0.3 is 0 Å². The molecule has 0 spiro atoms. The van der Waals surface area contributed by atoms with Crippen molar-refractivity contribution in [1.29, 1.82) is 0 Å². The number of piperidine rings is 1. The lowest BCUT2D eigenvalue weighted by Gasteiger charge is -2.53. The van der Waals surface area contributed by atoms with Crippen molar-refractivity contribution in [2.24, 2.45) is 0 Å². The molecule has 160 valence electrons. The summed E-state index contributed by atoms with van der Waals surface area (Å²) in [4.78, 5) is 5.04. The standard InChI is InChI=1S/C25H32N2O3/c1-6-12-27(13-7-1)25-11-5-4-10-23(25)29-24-20-9-3-2-8-19(20)21(18-22(24)30-25)26-14-16-28-17-15-26/h2-3,8-9,18,23H,1,4-7,10-17H2. The zero-order chi connectivity index (χ0) is 20.0. The van der Waals surface area contributed by atoms with E-state index in [0.717, 1.165) is 63.7 Å². The van der Waals surface area contributed by atoms with Gasteiger partial charge in [0.2, 0.25) is 5.72 Å². The Bertz CT molecular complexity index is 920. The molecule has 4 aliphatic rings. The molecule has 1 aliphatic carbocycles. The fourth-order valence-electron chi connectivity index (χ4n) is 5.96. The highest BCUT2D eigenvalue weighted by Crippen LogP contribution is 2.51. The minimum Gasteiger partial charge on any atom is -0.480 e. The average Bonchev–Trinajstić information content (AvgIpc) is 2.83. The van der Waals surface area contributed by atoms with Gasteiger partial charge in [-0.2, -0.15) is 0 Å². The maximum Gasteiger partial charge on any atom is 0.200 e. The zero-order valence-corrected chi connectivity index (χ0v) is 17.8. The lowest BCUT2D eigenvalue weighted by atomic mass is 9.85. The number of hydrogen-bond acceptors (Lipinski definition) is 5. The van der Waals surface area contributed by atoms with Gasteiger partial charge in [0, 0.05) is 55.1 Å². The summed E-state index contributed by atoms with van der Waals surface area (Å²) >= 11 is 0. The summed E-state index contributed by atoms with van der Waals surface area (Å²) in [5, 5.41) is 2.43. The monoisotopic (exact) mass is 408 g/mol. The molecule has 0 amide bonds. The minimum absolute atomic E-state index is 0.120. The smallest absolute Gasteiger partial charge is 0.200 e. The summed E-state index contributed by atoms with van der Waals surface area (Å²) in [6, 6.07) is 10.9. The largest absolute Gasteiger partial charge is 0.480 e. The van der Waals surface area contributed by atoms with E-state index in [1.54, 1.807) is 0 Å². The number of anilines is 1. The van der Waals surface area contributed by atoms with Crippen molar-refractivity contribution in [3.05, 3.63) is 30.3 Å². The van der Waals surface area contributed by atoms with Gasteiger partial charge in [0.05, 0.1) is 13.2 Å². The average molecular weight is 409 g/mol. The third kappa shape index (κ3) is 2.97. The summed E-state index contributed by atoms with van der Waals surface area (Å²) in [7, 11) is 0. The number of nitrogens with zero attached hydrogens (tertiary/aromatic N) is 2. The molecule has 0 aromatic heterocycles. The van der Waals surface area contributed by atoms with Crippen LogP contribution in [0, 0.1) is 0 Å². The molecule has 6 rings (SSSR count). The minimum atomic E-state index is -0.295. The van der Waals surface area contributed by atoms with Gasteiger partial charge in [-0.3, -0.25) is 4.90 Å². The molecule has 0 N–H and O–H groups in total. The maximum absolute atomic E-state index is 7.05. The molecule has 2 aromatic rings. The van der Waals surface area contributed by atoms with E-state index in [1.807, 2.05) is 0 Å². The van der Waals surface area contributed by atoms with E-state index in [2.05, 4.69) is 40.1 Å². The Hall–Kier alpha value is -1.98. The highest BCUT2D eigenvalue weighted by atomic mass is 16.6. The Morgan fingerprint density at radius 3 is 2.50 bits per heavy atom. The van der Waals surface area contributed by atoms with Crippen molar-refractivity contribution in [2.45, 2.75) is 56.8 Å². The van der Waals surface area contributed by atoms with Crippen LogP contribution in [0.4, 0.5) is 5.69 Å². The fraction of sp³-hybridized carbons (Fsp3) is 0.600. The van der Waals surface area contributed by atoms with Gasteiger partial charge in [0.1, 0.15) is 0 Å². The second-order valence-corrected chi connectivity index (χ2v) is 9.21. The molecule has 5 nitrogen and oxygen atoms in total. The van der Waals surface area contributed by atoms with E-state index in [9.17, 15) is 0 Å². The summed E-state index contributed by atoms with van der Waals surface area (Å²) in [6.45, 7) is 5.65. The molecule has 1 saturated carbocycles. The summed E-state index contributed by atoms with van der Waals surface area (Å²) in [5.41, 5.74) is 0.954. The van der Waals surface area contributed by atoms with Crippen molar-refractivity contribution < 1.29 is 14.2 Å². The van der Waals surface area contributed by atoms with Crippen LogP contribution in [0.1, 0.15) is 44.9 Å². The van der Waals surface area contributed by atoms with Gasteiger partial charge in [0.25, 0.3) is 0 Å². The van der Waals surface area contributed by atoms with Gasteiger partial charge in [-0.25, -0.2) is 0 Å². The highest BCUT2D eigenvalue weighted by molar-refractivity contribution is 6.00. The van der Waals surface area contributed by atoms with Crippen LogP contribution in [-0.2, 0) is 4.74 Å². The Kier molecular flexibility index (Phi) is 4.76. The first kappa shape index (κ1) is 18.8. The van der Waals surface area contributed by atoms with Crippen LogP contribution in [-0.4, -0.2) is 56.1 Å². The first-order valence-electron chi connectivity index (χ1n) is 11.8. The molecule has 2 saturated heterocycles. The molecule has 3 heterocycles. The summed E-state index contributed by atoms with van der Waals surface area (Å²) in [5.74, 6) is 1.88. The molecule has 0 bridgehead atoms. The lowest BCUT2D eigenvalue weighted by Crippen LogP contribution is -2.66. The summed E-state index contributed by atoms with van der Waals surface area (Å²) in [6.07, 6.45) is 8.57. The van der Waals surface area contributed by atoms with E-state index in [-0.39, 0.29) is 11.8 Å². The quantitative estimate of drug-likeness (QED) is 0.727. The molecular formula is C25H32N2O3. The van der Waals surface area contributed by atoms with Gasteiger partial charge in [-0.1, -0.05) is 30.7 Å². The molecule has 5 heteroatoms. The number of ether oxygens (including phenoxy) is 3. The van der Waals surface area contributed by atoms with Gasteiger partial charge < -0.3 is 19.1 Å². The maximum atomic E-state index is 7.05. The molecule has 2 atom stereocenters. The number of morpholine rings is 1. The Labute approximate surface area is 178 Å². The third-order valence-electron chi connectivity index (χ3n) is 7.48. The molecule has 30 heavy (non-hydrogen) atoms. The molecular weight excluding hydrogens is 376 g/mol. The highest BCUT2D eigenvalue weighted by Gasteiger charge is 2.52. The SMILES string of the molecule is c1ccc2c3c(cc(N4CCOCC4)c2c1)OC1(N2CCCCC2)CCCCC1O3. The van der Waals surface area contributed by atoms with Crippen LogP contribution < -0.4 is 14.4 Å². The topological polar surface area (TPSA) is 34.2 Å². The van der Waals surface area contributed by atoms with Gasteiger partial charge in [-0.05, 0) is 32.1 Å². The van der Waals surface area contributed by atoms with Gasteiger partial charge in [0.15, 0.2) is 17.6 Å². The predicted molar refractivity (Wildman–Crippen MR) is 119 cm³/mol. The Balaban J connectivity index is 1.47. The second kappa shape index (κ2) is 7.61. The number of fused-ring (bicyclic) bond motifs is 4. The summed E-state index contributed by atoms with van der Waals surface area (Å²) < 4.78 is 19.5. The van der Waals surface area contributed by atoms with Crippen molar-refractivity contribution in [1.82, 2.24) is 4.90 Å².